The van der Waals surface area contributed by atoms with E-state index in [1.54, 1.807) is 15.5 Å². The van der Waals surface area contributed by atoms with E-state index in [9.17, 15) is 19.2 Å². The highest BCUT2D eigenvalue weighted by Gasteiger charge is 2.36. The lowest BCUT2D eigenvalue weighted by Gasteiger charge is -2.41. The monoisotopic (exact) mass is 596 g/mol. The van der Waals surface area contributed by atoms with Gasteiger partial charge in [-0.1, -0.05) is 0 Å². The number of anilines is 3. The van der Waals surface area contributed by atoms with E-state index in [1.807, 2.05) is 12.1 Å². The Bertz CT molecular complexity index is 1710. The maximum atomic E-state index is 15.1. The van der Waals surface area contributed by atoms with Gasteiger partial charge in [0.25, 0.3) is 0 Å². The molecule has 2 amide bonds. The van der Waals surface area contributed by atoms with Gasteiger partial charge in [0.05, 0.1) is 29.6 Å². The van der Waals surface area contributed by atoms with Crippen molar-refractivity contribution in [3.63, 3.8) is 0 Å². The van der Waals surface area contributed by atoms with Crippen LogP contribution in [0.3, 0.4) is 0 Å². The van der Waals surface area contributed by atoms with E-state index >= 15 is 4.39 Å². The molecule has 3 fully saturated rings. The number of carbonyl (C=O) groups excluding carboxylic acids is 2. The smallest absolute Gasteiger partial charge is 0.449 e. The summed E-state index contributed by atoms with van der Waals surface area (Å²) in [5.74, 6) is -0.681. The Morgan fingerprint density at radius 3 is 2.79 bits per heavy atom. The van der Waals surface area contributed by atoms with Crippen molar-refractivity contribution in [3.05, 3.63) is 46.5 Å². The van der Waals surface area contributed by atoms with Crippen LogP contribution in [0.15, 0.2) is 40.2 Å². The molecule has 1 aliphatic carbocycles. The number of halogens is 1. The topological polar surface area (TPSA) is 155 Å². The molecule has 42 heavy (non-hydrogen) atoms. The van der Waals surface area contributed by atoms with Gasteiger partial charge in [0, 0.05) is 42.3 Å². The summed E-state index contributed by atoms with van der Waals surface area (Å²) in [4.78, 5) is 56.8. The van der Waals surface area contributed by atoms with Crippen LogP contribution in [0.5, 0.6) is 5.75 Å². The summed E-state index contributed by atoms with van der Waals surface area (Å²) in [6.45, 7) is 1.65. The SMILES string of the molecule is O=C1CSc2ccc(N3C[C@@H](CNC4CN(c5nc6c(cc5F)c(=O)c(OC(=O)O)cn6C5CC5)C4)OC3=O)cc2N1. The number of nitrogens with one attached hydrogen (secondary N) is 2. The van der Waals surface area contributed by atoms with Crippen LogP contribution < -0.4 is 30.6 Å². The average Bonchev–Trinajstić information content (AvgIpc) is 3.71. The van der Waals surface area contributed by atoms with Crippen molar-refractivity contribution in [2.24, 2.45) is 0 Å². The van der Waals surface area contributed by atoms with Crippen molar-refractivity contribution in [3.8, 4) is 5.75 Å². The number of nitrogens with zero attached hydrogens (tertiary/aromatic N) is 4. The molecule has 1 atom stereocenters. The first-order valence-corrected chi connectivity index (χ1v) is 14.4. The lowest BCUT2D eigenvalue weighted by Crippen LogP contribution is -2.59. The number of aromatic nitrogens is 2. The number of carbonyl (C=O) groups is 3. The Kier molecular flexibility index (Phi) is 6.42. The number of rotatable bonds is 7. The molecule has 0 unspecified atom stereocenters. The number of carboxylic acid groups (broad SMARTS) is 1. The molecule has 3 aliphatic heterocycles. The zero-order valence-corrected chi connectivity index (χ0v) is 22.9. The van der Waals surface area contributed by atoms with Crippen LogP contribution in [0.25, 0.3) is 11.0 Å². The first-order chi connectivity index (χ1) is 20.2. The Morgan fingerprint density at radius 1 is 1.21 bits per heavy atom. The van der Waals surface area contributed by atoms with E-state index in [0.717, 1.165) is 23.8 Å². The minimum absolute atomic E-state index is 0.00241. The van der Waals surface area contributed by atoms with Gasteiger partial charge in [-0.3, -0.25) is 14.5 Å². The number of benzene rings is 1. The molecule has 5 heterocycles. The summed E-state index contributed by atoms with van der Waals surface area (Å²) in [5, 5.41) is 15.1. The van der Waals surface area contributed by atoms with Crippen LogP contribution in [0.4, 0.5) is 31.2 Å². The molecule has 0 radical (unpaired) electrons. The highest BCUT2D eigenvalue weighted by Crippen LogP contribution is 2.38. The summed E-state index contributed by atoms with van der Waals surface area (Å²) in [6, 6.07) is 6.61. The van der Waals surface area contributed by atoms with Gasteiger partial charge in [0.2, 0.25) is 11.3 Å². The number of hydrogen-bond acceptors (Lipinski definition) is 10. The molecule has 0 bridgehead atoms. The van der Waals surface area contributed by atoms with Crippen LogP contribution >= 0.6 is 11.8 Å². The minimum atomic E-state index is -1.62. The van der Waals surface area contributed by atoms with Gasteiger partial charge in [-0.25, -0.2) is 19.0 Å². The lowest BCUT2D eigenvalue weighted by molar-refractivity contribution is -0.113. The fourth-order valence-electron chi connectivity index (χ4n) is 5.39. The molecule has 2 saturated heterocycles. The Hall–Kier alpha value is -4.37. The van der Waals surface area contributed by atoms with E-state index in [2.05, 4.69) is 20.4 Å². The molecule has 0 spiro atoms. The van der Waals surface area contributed by atoms with Crippen LogP contribution in [0.2, 0.25) is 0 Å². The number of cyclic esters (lactones) is 1. The minimum Gasteiger partial charge on any atom is -0.449 e. The number of thioether (sulfide) groups is 1. The van der Waals surface area contributed by atoms with E-state index in [-0.39, 0.29) is 40.6 Å². The van der Waals surface area contributed by atoms with E-state index in [4.69, 9.17) is 9.84 Å². The molecule has 1 aromatic carbocycles. The third-order valence-electron chi connectivity index (χ3n) is 7.64. The zero-order chi connectivity index (χ0) is 29.1. The Morgan fingerprint density at radius 2 is 2.02 bits per heavy atom. The summed E-state index contributed by atoms with van der Waals surface area (Å²) < 4.78 is 27.0. The first kappa shape index (κ1) is 26.5. The van der Waals surface area contributed by atoms with Gasteiger partial charge in [0.1, 0.15) is 11.8 Å². The maximum Gasteiger partial charge on any atom is 0.511 e. The molecule has 2 aromatic heterocycles. The Labute approximate surface area is 241 Å². The van der Waals surface area contributed by atoms with Crippen molar-refractivity contribution in [1.29, 1.82) is 0 Å². The highest BCUT2D eigenvalue weighted by molar-refractivity contribution is 8.00. The lowest BCUT2D eigenvalue weighted by atomic mass is 10.1. The predicted molar refractivity (Wildman–Crippen MR) is 150 cm³/mol. The van der Waals surface area contributed by atoms with Gasteiger partial charge in [0.15, 0.2) is 17.4 Å². The summed E-state index contributed by atoms with van der Waals surface area (Å²) in [6.07, 6.45) is 0.521. The number of fused-ring (bicyclic) bond motifs is 2. The fraction of sp³-hybridized carbons (Fsp3) is 0.370. The molecule has 7 rings (SSSR count). The largest absolute Gasteiger partial charge is 0.511 e. The molecule has 3 aromatic rings. The van der Waals surface area contributed by atoms with Gasteiger partial charge in [-0.15, -0.1) is 11.8 Å². The van der Waals surface area contributed by atoms with Crippen LogP contribution in [0.1, 0.15) is 18.9 Å². The standard InChI is InChI=1S/C27H25FN6O7S/c28-18-6-17-23(36)20(41-27(38)39)11-33(14-1-2-14)24(17)31-25(18)32-8-13(9-32)29-7-16-10-34(26(37)40-16)15-3-4-21-19(5-15)30-22(35)12-42-21/h3-6,11,13-14,16,29H,1-2,7-10,12H2,(H,30,35)(H,38,39)/t16-/m1/s1. The number of amides is 2. The third kappa shape index (κ3) is 4.87. The molecule has 1 saturated carbocycles. The van der Waals surface area contributed by atoms with Crippen molar-refractivity contribution in [2.75, 3.05) is 47.0 Å². The van der Waals surface area contributed by atoms with Crippen LogP contribution in [-0.4, -0.2) is 76.9 Å². The third-order valence-corrected chi connectivity index (χ3v) is 8.71. The molecular formula is C27H25FN6O7S. The number of hydrogen-bond donors (Lipinski definition) is 3. The van der Waals surface area contributed by atoms with E-state index in [0.29, 0.717) is 43.3 Å². The molecule has 218 valence electrons. The van der Waals surface area contributed by atoms with Crippen LogP contribution in [-0.2, 0) is 9.53 Å². The van der Waals surface area contributed by atoms with Crippen molar-refractivity contribution in [2.45, 2.75) is 35.9 Å². The molecular weight excluding hydrogens is 571 g/mol. The second-order valence-corrected chi connectivity index (χ2v) is 11.7. The van der Waals surface area contributed by atoms with E-state index < -0.39 is 29.6 Å². The fourth-order valence-corrected chi connectivity index (χ4v) is 6.18. The maximum absolute atomic E-state index is 15.1. The first-order valence-electron chi connectivity index (χ1n) is 13.4. The number of ether oxygens (including phenoxy) is 2. The quantitative estimate of drug-likeness (QED) is 0.345. The molecule has 15 heteroatoms. The van der Waals surface area contributed by atoms with Gasteiger partial charge < -0.3 is 34.7 Å². The van der Waals surface area contributed by atoms with Gasteiger partial charge in [-0.05, 0) is 37.1 Å². The summed E-state index contributed by atoms with van der Waals surface area (Å²) in [5.41, 5.74) is 0.870. The second-order valence-electron chi connectivity index (χ2n) is 10.6. The molecule has 3 N–H and O–H groups in total. The van der Waals surface area contributed by atoms with Gasteiger partial charge >= 0.3 is 12.2 Å². The van der Waals surface area contributed by atoms with Crippen LogP contribution in [0, 0.1) is 5.82 Å². The normalized spacial score (nSPS) is 20.3. The molecule has 13 nitrogen and oxygen atoms in total. The van der Waals surface area contributed by atoms with Crippen molar-refractivity contribution >= 4 is 58.1 Å². The molecule has 4 aliphatic rings. The highest BCUT2D eigenvalue weighted by atomic mass is 32.2. The average molecular weight is 597 g/mol. The zero-order valence-electron chi connectivity index (χ0n) is 22.0. The van der Waals surface area contributed by atoms with Crippen molar-refractivity contribution < 1.29 is 33.4 Å². The predicted octanol–water partition coefficient (Wildman–Crippen LogP) is 2.78. The summed E-state index contributed by atoms with van der Waals surface area (Å²) >= 11 is 1.45. The Balaban J connectivity index is 0.995. The second kappa shape index (κ2) is 10.2. The van der Waals surface area contributed by atoms with Crippen molar-refractivity contribution in [1.82, 2.24) is 14.9 Å². The summed E-state index contributed by atoms with van der Waals surface area (Å²) in [7, 11) is 0. The number of pyridine rings is 2. The van der Waals surface area contributed by atoms with E-state index in [1.165, 1.54) is 22.9 Å². The van der Waals surface area contributed by atoms with Gasteiger partial charge in [-0.2, -0.15) is 0 Å².